The predicted octanol–water partition coefficient (Wildman–Crippen LogP) is 5.60. The van der Waals surface area contributed by atoms with E-state index in [9.17, 15) is 0 Å². The minimum Gasteiger partial charge on any atom is -0.273 e. The fourth-order valence-electron chi connectivity index (χ4n) is 1.10. The molecule has 2 rings (SSSR count). The Balaban J connectivity index is 0.000000400. The first-order valence-corrected chi connectivity index (χ1v) is 7.99. The summed E-state index contributed by atoms with van der Waals surface area (Å²) in [5, 5.41) is 0. The van der Waals surface area contributed by atoms with E-state index in [-0.39, 0.29) is 0 Å². The maximum atomic E-state index is 5.41. The molecule has 2 heteroatoms. The molecule has 0 heterocycles. The molecule has 0 atom stereocenters. The summed E-state index contributed by atoms with van der Waals surface area (Å²) in [5.74, 6) is 0.850. The summed E-state index contributed by atoms with van der Waals surface area (Å²) >= 11 is 2.08. The largest absolute Gasteiger partial charge is 0.273 e. The van der Waals surface area contributed by atoms with Crippen LogP contribution in [0.2, 0.25) is 0 Å². The van der Waals surface area contributed by atoms with Gasteiger partial charge in [0, 0.05) is 0 Å². The van der Waals surface area contributed by atoms with Crippen LogP contribution in [0, 0.1) is 6.08 Å². The topological polar surface area (TPSA) is 9.23 Å². The first kappa shape index (κ1) is 20.6. The van der Waals surface area contributed by atoms with Gasteiger partial charge in [-0.1, -0.05) is 30.4 Å². The molecule has 0 saturated heterocycles. The van der Waals surface area contributed by atoms with Crippen molar-refractivity contribution in [3.05, 3.63) is 78.6 Å². The molecule has 0 amide bonds. The fourth-order valence-corrected chi connectivity index (χ4v) is 1.10. The summed E-state index contributed by atoms with van der Waals surface area (Å²) in [7, 11) is 0. The SMILES string of the molecule is C=C(C)C(C)=COc1ccccc1.C[C](C)=[Ti+].[C-]1=CC=CC1. The van der Waals surface area contributed by atoms with Gasteiger partial charge in [-0.2, -0.15) is 6.08 Å². The van der Waals surface area contributed by atoms with Crippen LogP contribution in [0.3, 0.4) is 0 Å². The van der Waals surface area contributed by atoms with Crippen LogP contribution < -0.4 is 4.74 Å². The van der Waals surface area contributed by atoms with E-state index in [2.05, 4.69) is 52.6 Å². The summed E-state index contributed by atoms with van der Waals surface area (Å²) < 4.78 is 6.82. The Morgan fingerprint density at radius 2 is 1.77 bits per heavy atom. The van der Waals surface area contributed by atoms with E-state index in [1.165, 1.54) is 3.81 Å². The average molecular weight is 329 g/mol. The van der Waals surface area contributed by atoms with Gasteiger partial charge in [0.2, 0.25) is 0 Å². The Labute approximate surface area is 147 Å². The molecule has 0 spiro atoms. The third-order valence-corrected chi connectivity index (χ3v) is 2.37. The molecule has 1 nitrogen and oxygen atoms in total. The molecule has 0 aromatic heterocycles. The first-order valence-electron chi connectivity index (χ1n) is 7.21. The Hall–Kier alpha value is -1.44. The standard InChI is InChI=1S/C12H14O.C5H5.C3H6.Ti/c1-10(2)11(3)9-13-12-7-5-4-6-8-12;1-2-4-5-3-1;1-3-2;/h4-9H,1H2,2-3H3;1-3H,4H2;1-2H3;/q;-1;;+1. The average Bonchev–Trinajstić information content (AvgIpc) is 3.04. The Kier molecular flexibility index (Phi) is 12.4. The minimum absolute atomic E-state index is 0.850. The summed E-state index contributed by atoms with van der Waals surface area (Å²) in [5.41, 5.74) is 2.08. The third-order valence-electron chi connectivity index (χ3n) is 2.37. The van der Waals surface area contributed by atoms with Crippen molar-refractivity contribution in [2.24, 2.45) is 0 Å². The number of hydrogen-bond donors (Lipinski definition) is 0. The van der Waals surface area contributed by atoms with Crippen molar-refractivity contribution in [1.29, 1.82) is 0 Å². The van der Waals surface area contributed by atoms with Crippen LogP contribution in [-0.4, -0.2) is 3.81 Å². The van der Waals surface area contributed by atoms with Gasteiger partial charge in [-0.15, -0.1) is 6.42 Å². The number of hydrogen-bond acceptors (Lipinski definition) is 1. The zero-order valence-corrected chi connectivity index (χ0v) is 15.6. The van der Waals surface area contributed by atoms with Crippen LogP contribution in [0.4, 0.5) is 0 Å². The smallest absolute Gasteiger partial charge is 0.109 e. The molecule has 1 aliphatic carbocycles. The summed E-state index contributed by atoms with van der Waals surface area (Å²) in [6.07, 6.45) is 11.7. The van der Waals surface area contributed by atoms with Gasteiger partial charge in [-0.3, -0.25) is 6.08 Å². The molecule has 1 aromatic carbocycles. The maximum absolute atomic E-state index is 5.41. The van der Waals surface area contributed by atoms with Crippen molar-refractivity contribution in [3.8, 4) is 5.75 Å². The second kappa shape index (κ2) is 13.2. The monoisotopic (exact) mass is 329 g/mol. The number of para-hydroxylation sites is 1. The Bertz CT molecular complexity index is 522. The molecule has 0 N–H and O–H groups in total. The van der Waals surface area contributed by atoms with Gasteiger partial charge in [0.05, 0.1) is 6.26 Å². The zero-order valence-electron chi connectivity index (χ0n) is 14.0. The molecule has 115 valence electrons. The van der Waals surface area contributed by atoms with Crippen LogP contribution in [0.5, 0.6) is 5.75 Å². The van der Waals surface area contributed by atoms with E-state index in [4.69, 9.17) is 4.74 Å². The van der Waals surface area contributed by atoms with Crippen LogP contribution in [0.25, 0.3) is 0 Å². The van der Waals surface area contributed by atoms with Gasteiger partial charge in [-0.25, -0.2) is 12.2 Å². The number of allylic oxidation sites excluding steroid dienone is 6. The quantitative estimate of drug-likeness (QED) is 0.304. The fraction of sp³-hybridized carbons (Fsp3) is 0.250. The van der Waals surface area contributed by atoms with Crippen molar-refractivity contribution >= 4 is 3.81 Å². The van der Waals surface area contributed by atoms with Gasteiger partial charge < -0.3 is 4.74 Å². The van der Waals surface area contributed by atoms with Gasteiger partial charge in [0.15, 0.2) is 0 Å². The molecule has 0 aliphatic heterocycles. The minimum atomic E-state index is 0.850. The van der Waals surface area contributed by atoms with Gasteiger partial charge in [0.25, 0.3) is 0 Å². The van der Waals surface area contributed by atoms with Gasteiger partial charge in [0.1, 0.15) is 5.75 Å². The molecule has 0 fully saturated rings. The third kappa shape index (κ3) is 13.5. The van der Waals surface area contributed by atoms with E-state index in [1.54, 1.807) is 6.26 Å². The zero-order chi connectivity index (χ0) is 16.8. The van der Waals surface area contributed by atoms with E-state index in [1.807, 2.05) is 56.3 Å². The van der Waals surface area contributed by atoms with Crippen molar-refractivity contribution in [1.82, 2.24) is 0 Å². The summed E-state index contributed by atoms with van der Waals surface area (Å²) in [4.78, 5) is 0. The molecular weight excluding hydrogens is 304 g/mol. The second-order valence-corrected chi connectivity index (χ2v) is 6.58. The van der Waals surface area contributed by atoms with Crippen molar-refractivity contribution in [3.63, 3.8) is 0 Å². The molecule has 0 saturated carbocycles. The van der Waals surface area contributed by atoms with Gasteiger partial charge in [-0.05, 0) is 31.6 Å². The molecule has 0 unspecified atom stereocenters. The van der Waals surface area contributed by atoms with E-state index in [0.29, 0.717) is 0 Å². The van der Waals surface area contributed by atoms with E-state index >= 15 is 0 Å². The molecule has 0 radical (unpaired) electrons. The summed E-state index contributed by atoms with van der Waals surface area (Å²) in [6, 6.07) is 9.69. The first-order chi connectivity index (χ1) is 10.4. The van der Waals surface area contributed by atoms with E-state index < -0.39 is 0 Å². The normalized spacial score (nSPS) is 11.8. The van der Waals surface area contributed by atoms with E-state index in [0.717, 1.165) is 23.3 Å². The van der Waals surface area contributed by atoms with Crippen molar-refractivity contribution < 1.29 is 24.7 Å². The van der Waals surface area contributed by atoms with Crippen LogP contribution in [-0.2, 0) is 20.0 Å². The van der Waals surface area contributed by atoms with Crippen molar-refractivity contribution in [2.75, 3.05) is 0 Å². The molecule has 1 aliphatic rings. The predicted molar refractivity (Wildman–Crippen MR) is 93.6 cm³/mol. The van der Waals surface area contributed by atoms with Crippen LogP contribution >= 0.6 is 0 Å². The second-order valence-electron chi connectivity index (χ2n) is 5.02. The summed E-state index contributed by atoms with van der Waals surface area (Å²) in [6.45, 7) is 11.9. The molecular formula is C20H25OTi. The van der Waals surface area contributed by atoms with Gasteiger partial charge >= 0.3 is 37.6 Å². The Morgan fingerprint density at radius 1 is 1.18 bits per heavy atom. The van der Waals surface area contributed by atoms with Crippen LogP contribution in [0.15, 0.2) is 72.5 Å². The molecule has 1 aromatic rings. The molecule has 0 bridgehead atoms. The number of rotatable bonds is 3. The van der Waals surface area contributed by atoms with Crippen LogP contribution in [0.1, 0.15) is 34.1 Å². The Morgan fingerprint density at radius 3 is 2.14 bits per heavy atom. The molecule has 22 heavy (non-hydrogen) atoms. The maximum Gasteiger partial charge on any atom is -0.109 e. The number of ether oxygens (including phenoxy) is 1. The van der Waals surface area contributed by atoms with Crippen molar-refractivity contribution in [2.45, 2.75) is 34.1 Å². The number of benzene rings is 1.